The molecule has 0 aliphatic carbocycles. The molecular weight excluding hydrogens is 328 g/mol. The van der Waals surface area contributed by atoms with E-state index in [1.54, 1.807) is 25.1 Å². The molecule has 138 valence electrons. The Morgan fingerprint density at radius 3 is 2.23 bits per heavy atom. The number of hydrazine groups is 1. The van der Waals surface area contributed by atoms with Gasteiger partial charge in [0.15, 0.2) is 6.10 Å². The van der Waals surface area contributed by atoms with Crippen LogP contribution in [0.5, 0.6) is 5.75 Å². The summed E-state index contributed by atoms with van der Waals surface area (Å²) >= 11 is 0. The Hall–Kier alpha value is -2.82. The number of hydrogen-bond donors (Lipinski definition) is 2. The molecule has 2 rings (SSSR count). The molecule has 2 amide bonds. The largest absolute Gasteiger partial charge is 0.481 e. The second kappa shape index (κ2) is 8.04. The topological polar surface area (TPSA) is 67.4 Å². The van der Waals surface area contributed by atoms with Gasteiger partial charge in [0.25, 0.3) is 11.8 Å². The third-order valence-electron chi connectivity index (χ3n) is 3.98. The Labute approximate surface area is 154 Å². The highest BCUT2D eigenvalue weighted by Gasteiger charge is 2.17. The van der Waals surface area contributed by atoms with Crippen molar-refractivity contribution in [2.45, 2.75) is 46.1 Å². The van der Waals surface area contributed by atoms with Crippen LogP contribution >= 0.6 is 0 Å². The summed E-state index contributed by atoms with van der Waals surface area (Å²) in [5.74, 6) is -0.190. The molecule has 0 spiro atoms. The second-order valence-corrected chi connectivity index (χ2v) is 7.35. The highest BCUT2D eigenvalue weighted by Crippen LogP contribution is 2.22. The second-order valence-electron chi connectivity index (χ2n) is 7.35. The highest BCUT2D eigenvalue weighted by atomic mass is 16.5. The normalized spacial score (nSPS) is 12.2. The number of ether oxygens (including phenoxy) is 1. The quantitative estimate of drug-likeness (QED) is 0.826. The van der Waals surface area contributed by atoms with Crippen LogP contribution in [0.3, 0.4) is 0 Å². The average molecular weight is 354 g/mol. The molecule has 2 N–H and O–H groups in total. The summed E-state index contributed by atoms with van der Waals surface area (Å²) in [5, 5.41) is 0. The molecule has 0 saturated carbocycles. The minimum atomic E-state index is -0.736. The Morgan fingerprint density at radius 2 is 1.65 bits per heavy atom. The van der Waals surface area contributed by atoms with E-state index in [0.717, 1.165) is 11.1 Å². The first-order chi connectivity index (χ1) is 12.2. The van der Waals surface area contributed by atoms with Gasteiger partial charge in [0.2, 0.25) is 0 Å². The van der Waals surface area contributed by atoms with Gasteiger partial charge in [-0.1, -0.05) is 45.0 Å². The molecule has 2 aromatic carbocycles. The van der Waals surface area contributed by atoms with Gasteiger partial charge in [0.1, 0.15) is 5.75 Å². The van der Waals surface area contributed by atoms with E-state index in [2.05, 4.69) is 31.6 Å². The Morgan fingerprint density at radius 1 is 1.00 bits per heavy atom. The molecule has 5 nitrogen and oxygen atoms in total. The van der Waals surface area contributed by atoms with E-state index in [9.17, 15) is 9.59 Å². The molecular formula is C21H26N2O3. The van der Waals surface area contributed by atoms with E-state index in [1.807, 2.05) is 37.3 Å². The van der Waals surface area contributed by atoms with Crippen molar-refractivity contribution in [1.29, 1.82) is 0 Å². The predicted octanol–water partition coefficient (Wildman–Crippen LogP) is 3.52. The number of carbonyl (C=O) groups is 2. The number of aryl methyl sites for hydroxylation is 1. The van der Waals surface area contributed by atoms with Gasteiger partial charge in [-0.15, -0.1) is 0 Å². The van der Waals surface area contributed by atoms with E-state index >= 15 is 0 Å². The number of rotatable bonds is 4. The van der Waals surface area contributed by atoms with Crippen LogP contribution in [0.2, 0.25) is 0 Å². The molecule has 0 aromatic heterocycles. The Bertz CT molecular complexity index is 777. The fourth-order valence-corrected chi connectivity index (χ4v) is 2.36. The molecule has 1 unspecified atom stereocenters. The summed E-state index contributed by atoms with van der Waals surface area (Å²) in [4.78, 5) is 24.3. The van der Waals surface area contributed by atoms with E-state index in [0.29, 0.717) is 11.3 Å². The van der Waals surface area contributed by atoms with Gasteiger partial charge >= 0.3 is 0 Å². The van der Waals surface area contributed by atoms with Crippen LogP contribution in [0.15, 0.2) is 48.5 Å². The number of amides is 2. The van der Waals surface area contributed by atoms with Gasteiger partial charge in [0.05, 0.1) is 0 Å². The summed E-state index contributed by atoms with van der Waals surface area (Å²) in [6.45, 7) is 9.90. The maximum atomic E-state index is 12.2. The van der Waals surface area contributed by atoms with Gasteiger partial charge in [-0.05, 0) is 54.7 Å². The van der Waals surface area contributed by atoms with Crippen LogP contribution in [0.25, 0.3) is 0 Å². The zero-order valence-corrected chi connectivity index (χ0v) is 15.9. The lowest BCUT2D eigenvalue weighted by atomic mass is 9.87. The van der Waals surface area contributed by atoms with Crippen LogP contribution in [0.4, 0.5) is 0 Å². The maximum absolute atomic E-state index is 12.2. The van der Waals surface area contributed by atoms with Crippen molar-refractivity contribution in [2.75, 3.05) is 0 Å². The standard InChI is InChI=1S/C21H26N2O3/c1-14-7-6-8-18(13-14)26-15(2)19(24)22-23-20(25)16-9-11-17(12-10-16)21(3,4)5/h6-13,15H,1-5H3,(H,22,24)(H,23,25). The van der Waals surface area contributed by atoms with Crippen molar-refractivity contribution in [3.63, 3.8) is 0 Å². The van der Waals surface area contributed by atoms with Crippen molar-refractivity contribution in [3.05, 3.63) is 65.2 Å². The molecule has 0 aliphatic heterocycles. The third-order valence-corrected chi connectivity index (χ3v) is 3.98. The van der Waals surface area contributed by atoms with Gasteiger partial charge in [-0.3, -0.25) is 20.4 Å². The van der Waals surface area contributed by atoms with E-state index < -0.39 is 12.0 Å². The van der Waals surface area contributed by atoms with E-state index in [1.165, 1.54) is 0 Å². The van der Waals surface area contributed by atoms with Gasteiger partial charge in [-0.25, -0.2) is 0 Å². The van der Waals surface area contributed by atoms with Crippen molar-refractivity contribution in [1.82, 2.24) is 10.9 Å². The van der Waals surface area contributed by atoms with Gasteiger partial charge in [0, 0.05) is 5.56 Å². The molecule has 0 aliphatic rings. The van der Waals surface area contributed by atoms with Crippen molar-refractivity contribution >= 4 is 11.8 Å². The monoisotopic (exact) mass is 354 g/mol. The lowest BCUT2D eigenvalue weighted by Gasteiger charge is -2.19. The molecule has 0 fully saturated rings. The van der Waals surface area contributed by atoms with Crippen molar-refractivity contribution in [2.24, 2.45) is 0 Å². The zero-order chi connectivity index (χ0) is 19.3. The number of benzene rings is 2. The molecule has 0 saturated heterocycles. The van der Waals surface area contributed by atoms with Crippen LogP contribution in [0, 0.1) is 6.92 Å². The summed E-state index contributed by atoms with van der Waals surface area (Å²) in [5.41, 5.74) is 7.49. The molecule has 0 heterocycles. The lowest BCUT2D eigenvalue weighted by molar-refractivity contribution is -0.128. The van der Waals surface area contributed by atoms with Crippen molar-refractivity contribution in [3.8, 4) is 5.75 Å². The van der Waals surface area contributed by atoms with Gasteiger partial charge < -0.3 is 4.74 Å². The minimum Gasteiger partial charge on any atom is -0.481 e. The fraction of sp³-hybridized carbons (Fsp3) is 0.333. The first-order valence-electron chi connectivity index (χ1n) is 8.61. The van der Waals surface area contributed by atoms with Crippen LogP contribution < -0.4 is 15.6 Å². The number of hydrogen-bond acceptors (Lipinski definition) is 3. The zero-order valence-electron chi connectivity index (χ0n) is 15.9. The molecule has 26 heavy (non-hydrogen) atoms. The molecule has 0 radical (unpaired) electrons. The molecule has 5 heteroatoms. The smallest absolute Gasteiger partial charge is 0.279 e. The summed E-state index contributed by atoms with van der Waals surface area (Å²) in [7, 11) is 0. The average Bonchev–Trinajstić information content (AvgIpc) is 2.58. The fourth-order valence-electron chi connectivity index (χ4n) is 2.36. The Kier molecular flexibility index (Phi) is 6.03. The third kappa shape index (κ3) is 5.34. The molecule has 0 bridgehead atoms. The minimum absolute atomic E-state index is 0.0196. The molecule has 2 aromatic rings. The van der Waals surface area contributed by atoms with Crippen LogP contribution in [-0.4, -0.2) is 17.9 Å². The summed E-state index contributed by atoms with van der Waals surface area (Å²) in [6.07, 6.45) is -0.736. The summed E-state index contributed by atoms with van der Waals surface area (Å²) < 4.78 is 5.58. The lowest BCUT2D eigenvalue weighted by Crippen LogP contribution is -2.47. The first kappa shape index (κ1) is 19.5. The van der Waals surface area contributed by atoms with E-state index in [4.69, 9.17) is 4.74 Å². The number of nitrogens with one attached hydrogen (secondary N) is 2. The highest BCUT2D eigenvalue weighted by molar-refractivity contribution is 5.95. The Balaban J connectivity index is 1.89. The predicted molar refractivity (Wildman–Crippen MR) is 102 cm³/mol. The van der Waals surface area contributed by atoms with Crippen LogP contribution in [-0.2, 0) is 10.2 Å². The maximum Gasteiger partial charge on any atom is 0.279 e. The molecule has 1 atom stereocenters. The van der Waals surface area contributed by atoms with Crippen LogP contribution in [0.1, 0.15) is 49.2 Å². The SMILES string of the molecule is Cc1cccc(OC(C)C(=O)NNC(=O)c2ccc(C(C)(C)C)cc2)c1. The number of carbonyl (C=O) groups excluding carboxylic acids is 2. The van der Waals surface area contributed by atoms with Crippen molar-refractivity contribution < 1.29 is 14.3 Å². The van der Waals surface area contributed by atoms with E-state index in [-0.39, 0.29) is 11.3 Å². The first-order valence-corrected chi connectivity index (χ1v) is 8.61. The van der Waals surface area contributed by atoms with Gasteiger partial charge in [-0.2, -0.15) is 0 Å². The summed E-state index contributed by atoms with van der Waals surface area (Å²) in [6, 6.07) is 14.8.